The van der Waals surface area contributed by atoms with Gasteiger partial charge in [0, 0.05) is 33.0 Å². The highest BCUT2D eigenvalue weighted by Crippen LogP contribution is 2.39. The van der Waals surface area contributed by atoms with Gasteiger partial charge in [-0.05, 0) is 62.3 Å². The lowest BCUT2D eigenvalue weighted by Gasteiger charge is -2.42. The zero-order chi connectivity index (χ0) is 27.1. The van der Waals surface area contributed by atoms with Crippen molar-refractivity contribution in [1.82, 2.24) is 19.9 Å². The second kappa shape index (κ2) is 12.5. The van der Waals surface area contributed by atoms with Crippen molar-refractivity contribution in [2.75, 3.05) is 33.3 Å². The van der Waals surface area contributed by atoms with Crippen LogP contribution < -0.4 is 4.74 Å². The van der Waals surface area contributed by atoms with Gasteiger partial charge in [-0.1, -0.05) is 36.2 Å². The molecule has 3 aromatic rings. The van der Waals surface area contributed by atoms with E-state index in [4.69, 9.17) is 13.7 Å². The summed E-state index contributed by atoms with van der Waals surface area (Å²) in [6, 6.07) is 11.8. The van der Waals surface area contributed by atoms with E-state index in [2.05, 4.69) is 22.3 Å². The number of likely N-dealkylation sites (tertiary alicyclic amines) is 1. The number of furan rings is 1. The number of likely N-dealkylation sites (N-methyl/N-ethyl adjacent to an activating group) is 1. The number of hydrogen-bond acceptors (Lipinski definition) is 7. The lowest BCUT2D eigenvalue weighted by Crippen LogP contribution is -2.51. The first kappa shape index (κ1) is 27.0. The zero-order valence-electron chi connectivity index (χ0n) is 22.8. The van der Waals surface area contributed by atoms with Crippen LogP contribution in [0.15, 0.2) is 51.6 Å². The fourth-order valence-electron chi connectivity index (χ4n) is 5.77. The molecule has 0 aliphatic carbocycles. The number of aromatic nitrogens is 2. The van der Waals surface area contributed by atoms with Gasteiger partial charge in [0.25, 0.3) is 0 Å². The molecule has 0 atom stereocenters. The second-order valence-electron chi connectivity index (χ2n) is 10.7. The number of ether oxygens (including phenoxy) is 1. The summed E-state index contributed by atoms with van der Waals surface area (Å²) in [5.41, 5.74) is 0.836. The van der Waals surface area contributed by atoms with E-state index in [9.17, 15) is 9.59 Å². The number of rotatable bonds is 5. The molecule has 0 saturated carbocycles. The van der Waals surface area contributed by atoms with Crippen LogP contribution in [0.2, 0.25) is 0 Å². The lowest BCUT2D eigenvalue weighted by molar-refractivity contribution is -0.148. The van der Waals surface area contributed by atoms with E-state index < -0.39 is 5.41 Å². The van der Waals surface area contributed by atoms with Gasteiger partial charge in [0.1, 0.15) is 12.4 Å². The normalized spacial score (nSPS) is 18.5. The van der Waals surface area contributed by atoms with Crippen LogP contribution in [0.3, 0.4) is 0 Å². The van der Waals surface area contributed by atoms with Crippen molar-refractivity contribution in [1.29, 1.82) is 0 Å². The maximum Gasteiger partial charge on any atom is 0.238 e. The third-order valence-corrected chi connectivity index (χ3v) is 8.12. The Labute approximate surface area is 229 Å². The van der Waals surface area contributed by atoms with Gasteiger partial charge in [0.2, 0.25) is 23.5 Å². The molecule has 2 aliphatic heterocycles. The van der Waals surface area contributed by atoms with Gasteiger partial charge in [-0.2, -0.15) is 4.98 Å². The quantitative estimate of drug-likeness (QED) is 0.458. The summed E-state index contributed by atoms with van der Waals surface area (Å²) < 4.78 is 16.7. The van der Waals surface area contributed by atoms with Crippen molar-refractivity contribution in [3.63, 3.8) is 0 Å². The van der Waals surface area contributed by atoms with E-state index in [0.29, 0.717) is 75.8 Å². The van der Waals surface area contributed by atoms with Crippen molar-refractivity contribution in [2.45, 2.75) is 64.2 Å². The molecular formula is C30H38N4O5. The fraction of sp³-hybridized carbons (Fsp3) is 0.533. The van der Waals surface area contributed by atoms with Crippen LogP contribution >= 0.6 is 0 Å². The number of fused-ring (bicyclic) bond motifs is 1. The number of para-hydroxylation sites is 1. The summed E-state index contributed by atoms with van der Waals surface area (Å²) in [6.07, 6.45) is 9.59. The minimum atomic E-state index is -0.404. The summed E-state index contributed by atoms with van der Waals surface area (Å²) in [6.45, 7) is 2.25. The largest absolute Gasteiger partial charge is 0.491 e. The molecule has 1 spiro atoms. The van der Waals surface area contributed by atoms with Crippen LogP contribution in [0, 0.1) is 5.41 Å². The van der Waals surface area contributed by atoms with Crippen molar-refractivity contribution >= 4 is 11.8 Å². The molecule has 2 aromatic heterocycles. The summed E-state index contributed by atoms with van der Waals surface area (Å²) >= 11 is 0. The van der Waals surface area contributed by atoms with E-state index in [1.165, 1.54) is 5.56 Å². The minimum Gasteiger partial charge on any atom is -0.491 e. The molecule has 39 heavy (non-hydrogen) atoms. The number of nitrogens with zero attached hydrogens (tertiary/aromatic N) is 4. The Bertz CT molecular complexity index is 1230. The summed E-state index contributed by atoms with van der Waals surface area (Å²) in [4.78, 5) is 34.8. The van der Waals surface area contributed by atoms with Gasteiger partial charge in [-0.25, -0.2) is 0 Å². The van der Waals surface area contributed by atoms with Gasteiger partial charge in [0.05, 0.1) is 18.2 Å². The lowest BCUT2D eigenvalue weighted by atomic mass is 9.73. The molecule has 2 aliphatic rings. The van der Waals surface area contributed by atoms with Crippen LogP contribution in [0.1, 0.15) is 62.8 Å². The molecular weight excluding hydrogens is 496 g/mol. The molecule has 2 amide bonds. The van der Waals surface area contributed by atoms with E-state index in [0.717, 1.165) is 37.9 Å². The third-order valence-electron chi connectivity index (χ3n) is 8.12. The summed E-state index contributed by atoms with van der Waals surface area (Å²) in [5.74, 6) is 2.71. The number of carbonyl (C=O) groups is 2. The second-order valence-corrected chi connectivity index (χ2v) is 10.7. The number of hydrogen-bond donors (Lipinski definition) is 0. The smallest absolute Gasteiger partial charge is 0.238 e. The standard InChI is InChI=1S/C30H38N4O5/c1-33-20-22-38-24-11-5-4-10-23(24)9-3-2-6-15-30(29(33)36)16-18-34(19-17-30)27(35)14-7-13-26-31-28(32-39-26)25-12-8-21-37-25/h4-5,8,10-12,21H,2-3,6-7,9,13-20,22H2,1H3. The topological polar surface area (TPSA) is 102 Å². The van der Waals surface area contributed by atoms with Crippen LogP contribution in [-0.4, -0.2) is 65.0 Å². The molecule has 0 unspecified atom stereocenters. The number of amides is 2. The molecule has 1 saturated heterocycles. The molecule has 5 rings (SSSR count). The SMILES string of the molecule is CN1CCOc2ccccc2CCCCCC2(CCN(C(=O)CCCc3nc(-c4ccco4)no3)CC2)C1=O. The van der Waals surface area contributed by atoms with E-state index >= 15 is 0 Å². The van der Waals surface area contributed by atoms with Crippen molar-refractivity contribution in [2.24, 2.45) is 5.41 Å². The van der Waals surface area contributed by atoms with E-state index in [-0.39, 0.29) is 11.8 Å². The summed E-state index contributed by atoms with van der Waals surface area (Å²) in [5, 5.41) is 3.94. The maximum absolute atomic E-state index is 13.7. The number of aryl methyl sites for hydroxylation is 2. The van der Waals surface area contributed by atoms with Gasteiger partial charge in [-0.15, -0.1) is 0 Å². The molecule has 1 fully saturated rings. The number of carbonyl (C=O) groups excluding carboxylic acids is 2. The average Bonchev–Trinajstić information content (AvgIpc) is 3.66. The highest BCUT2D eigenvalue weighted by molar-refractivity contribution is 5.83. The van der Waals surface area contributed by atoms with Crippen LogP contribution in [0.25, 0.3) is 11.6 Å². The first-order valence-electron chi connectivity index (χ1n) is 14.1. The van der Waals surface area contributed by atoms with E-state index in [1.807, 2.05) is 29.0 Å². The van der Waals surface area contributed by atoms with Crippen molar-refractivity contribution in [3.8, 4) is 17.3 Å². The molecule has 9 heteroatoms. The average molecular weight is 535 g/mol. The van der Waals surface area contributed by atoms with Gasteiger partial charge in [-0.3, -0.25) is 9.59 Å². The summed E-state index contributed by atoms with van der Waals surface area (Å²) in [7, 11) is 1.88. The Morgan fingerprint density at radius 2 is 1.87 bits per heavy atom. The molecule has 4 heterocycles. The highest BCUT2D eigenvalue weighted by Gasteiger charge is 2.43. The Morgan fingerprint density at radius 3 is 2.69 bits per heavy atom. The first-order valence-corrected chi connectivity index (χ1v) is 14.1. The van der Waals surface area contributed by atoms with Gasteiger partial charge in [0.15, 0.2) is 5.76 Å². The Kier molecular flexibility index (Phi) is 8.64. The molecule has 208 valence electrons. The van der Waals surface area contributed by atoms with E-state index in [1.54, 1.807) is 18.4 Å². The first-order chi connectivity index (χ1) is 19.0. The third kappa shape index (κ3) is 6.52. The van der Waals surface area contributed by atoms with Crippen LogP contribution in [-0.2, 0) is 22.4 Å². The van der Waals surface area contributed by atoms with Gasteiger partial charge < -0.3 is 23.5 Å². The van der Waals surface area contributed by atoms with Crippen LogP contribution in [0.4, 0.5) is 0 Å². The molecule has 1 aromatic carbocycles. The Hall–Kier alpha value is -3.62. The maximum atomic E-state index is 13.7. The monoisotopic (exact) mass is 534 g/mol. The predicted octanol–water partition coefficient (Wildman–Crippen LogP) is 4.92. The number of benzene rings is 1. The molecule has 9 nitrogen and oxygen atoms in total. The minimum absolute atomic E-state index is 0.118. The van der Waals surface area contributed by atoms with Crippen molar-refractivity contribution < 1.29 is 23.3 Å². The van der Waals surface area contributed by atoms with Crippen LogP contribution in [0.5, 0.6) is 5.75 Å². The molecule has 0 radical (unpaired) electrons. The highest BCUT2D eigenvalue weighted by atomic mass is 16.5. The predicted molar refractivity (Wildman–Crippen MR) is 145 cm³/mol. The number of piperidine rings is 1. The van der Waals surface area contributed by atoms with Crippen molar-refractivity contribution in [3.05, 3.63) is 54.1 Å². The zero-order valence-corrected chi connectivity index (χ0v) is 22.8. The Morgan fingerprint density at radius 1 is 1.03 bits per heavy atom. The molecule has 0 bridgehead atoms. The van der Waals surface area contributed by atoms with Gasteiger partial charge >= 0.3 is 0 Å². The fourth-order valence-corrected chi connectivity index (χ4v) is 5.77. The Balaban J connectivity index is 1.13. The molecule has 0 N–H and O–H groups in total.